The molecule has 7 heteroatoms. The summed E-state index contributed by atoms with van der Waals surface area (Å²) in [5, 5.41) is 10.6. The Hall–Kier alpha value is -3.97. The van der Waals surface area contributed by atoms with Crippen LogP contribution in [0.2, 0.25) is 0 Å². The molecule has 35 heavy (non-hydrogen) atoms. The lowest BCUT2D eigenvalue weighted by Crippen LogP contribution is -2.55. The summed E-state index contributed by atoms with van der Waals surface area (Å²) in [7, 11) is 0. The molecular formula is C28H31N5O2. The number of rotatable bonds is 8. The van der Waals surface area contributed by atoms with Gasteiger partial charge in [-0.05, 0) is 23.3 Å². The number of amidine groups is 1. The summed E-state index contributed by atoms with van der Waals surface area (Å²) in [6.45, 7) is 3.67. The van der Waals surface area contributed by atoms with Crippen LogP contribution in [-0.2, 0) is 17.8 Å². The van der Waals surface area contributed by atoms with E-state index in [0.29, 0.717) is 30.6 Å². The summed E-state index contributed by atoms with van der Waals surface area (Å²) in [6.07, 6.45) is 0.405. The number of carbonyl (C=O) groups is 2. The number of nitrogens with two attached hydrogens (primary N) is 1. The molecular weight excluding hydrogens is 438 g/mol. The summed E-state index contributed by atoms with van der Waals surface area (Å²) in [6, 6.07) is 25.9. The fourth-order valence-electron chi connectivity index (χ4n) is 4.31. The third kappa shape index (κ3) is 6.55. The summed E-state index contributed by atoms with van der Waals surface area (Å²) in [4.78, 5) is 30.8. The zero-order chi connectivity index (χ0) is 24.6. The Kier molecular flexibility index (Phi) is 7.90. The van der Waals surface area contributed by atoms with Crippen LogP contribution in [-0.4, -0.2) is 59.7 Å². The van der Waals surface area contributed by atoms with Crippen molar-refractivity contribution in [3.05, 3.63) is 107 Å². The van der Waals surface area contributed by atoms with E-state index < -0.39 is 6.04 Å². The number of hydrogen-bond donors (Lipinski definition) is 3. The molecule has 180 valence electrons. The average Bonchev–Trinajstić information content (AvgIpc) is 2.89. The van der Waals surface area contributed by atoms with Gasteiger partial charge in [-0.2, -0.15) is 0 Å². The van der Waals surface area contributed by atoms with Gasteiger partial charge in [-0.3, -0.25) is 19.9 Å². The van der Waals surface area contributed by atoms with Crippen LogP contribution >= 0.6 is 0 Å². The first-order valence-corrected chi connectivity index (χ1v) is 11.8. The van der Waals surface area contributed by atoms with E-state index in [1.54, 1.807) is 24.3 Å². The molecule has 0 spiro atoms. The lowest BCUT2D eigenvalue weighted by Gasteiger charge is -2.36. The molecule has 1 fully saturated rings. The number of amides is 2. The Balaban J connectivity index is 1.44. The Morgan fingerprint density at radius 1 is 0.829 bits per heavy atom. The van der Waals surface area contributed by atoms with Gasteiger partial charge in [0.15, 0.2) is 0 Å². The molecule has 4 N–H and O–H groups in total. The van der Waals surface area contributed by atoms with E-state index in [2.05, 4.69) is 22.3 Å². The van der Waals surface area contributed by atoms with Crippen molar-refractivity contribution in [3.8, 4) is 0 Å². The molecule has 4 rings (SSSR count). The molecule has 7 nitrogen and oxygen atoms in total. The van der Waals surface area contributed by atoms with Gasteiger partial charge in [0, 0.05) is 50.3 Å². The van der Waals surface area contributed by atoms with Gasteiger partial charge in [-0.25, -0.2) is 0 Å². The third-order valence-corrected chi connectivity index (χ3v) is 6.25. The second kappa shape index (κ2) is 11.4. The Bertz CT molecular complexity index is 1160. The first-order valence-electron chi connectivity index (χ1n) is 11.8. The predicted molar refractivity (Wildman–Crippen MR) is 137 cm³/mol. The first kappa shape index (κ1) is 24.2. The summed E-state index contributed by atoms with van der Waals surface area (Å²) < 4.78 is 0. The molecule has 0 radical (unpaired) electrons. The van der Waals surface area contributed by atoms with E-state index in [-0.39, 0.29) is 17.6 Å². The Morgan fingerprint density at radius 2 is 1.43 bits per heavy atom. The molecule has 2 amide bonds. The van der Waals surface area contributed by atoms with Crippen LogP contribution in [0.25, 0.3) is 0 Å². The van der Waals surface area contributed by atoms with Crippen LogP contribution in [0.1, 0.15) is 27.0 Å². The van der Waals surface area contributed by atoms with Crippen molar-refractivity contribution in [1.29, 1.82) is 5.41 Å². The molecule has 1 aliphatic heterocycles. The van der Waals surface area contributed by atoms with Crippen molar-refractivity contribution in [2.24, 2.45) is 5.73 Å². The number of nitrogens with one attached hydrogen (secondary N) is 2. The molecule has 0 aliphatic carbocycles. The van der Waals surface area contributed by atoms with Crippen molar-refractivity contribution in [2.45, 2.75) is 19.0 Å². The molecule has 3 aromatic rings. The fraction of sp³-hybridized carbons (Fsp3) is 0.250. The quantitative estimate of drug-likeness (QED) is 0.349. The highest BCUT2D eigenvalue weighted by atomic mass is 16.2. The van der Waals surface area contributed by atoms with Crippen molar-refractivity contribution >= 4 is 17.6 Å². The van der Waals surface area contributed by atoms with Crippen LogP contribution in [0.4, 0.5) is 0 Å². The zero-order valence-corrected chi connectivity index (χ0v) is 19.7. The van der Waals surface area contributed by atoms with E-state index in [0.717, 1.165) is 25.2 Å². The Morgan fingerprint density at radius 3 is 2.06 bits per heavy atom. The molecule has 0 bridgehead atoms. The zero-order valence-electron chi connectivity index (χ0n) is 19.7. The number of carbonyl (C=O) groups excluding carboxylic acids is 2. The van der Waals surface area contributed by atoms with Crippen LogP contribution in [0.3, 0.4) is 0 Å². The normalized spacial score (nSPS) is 14.8. The molecule has 1 heterocycles. The largest absolute Gasteiger partial charge is 0.384 e. The fourth-order valence-corrected chi connectivity index (χ4v) is 4.31. The maximum Gasteiger partial charge on any atom is 0.251 e. The Labute approximate surface area is 206 Å². The van der Waals surface area contributed by atoms with Gasteiger partial charge in [-0.15, -0.1) is 0 Å². The van der Waals surface area contributed by atoms with E-state index in [4.69, 9.17) is 11.1 Å². The standard InChI is InChI=1S/C28H31N5O2/c29-26(30)23-12-7-13-24(19-23)27(34)31-25(18-21-8-3-1-4-9-21)28(35)33-16-14-32(15-17-33)20-22-10-5-2-6-11-22/h1-13,19,25H,14-18,20H2,(H3,29,30)(H,31,34)/t25-/m1/s1. The summed E-state index contributed by atoms with van der Waals surface area (Å²) in [5.74, 6) is -0.542. The summed E-state index contributed by atoms with van der Waals surface area (Å²) >= 11 is 0. The van der Waals surface area contributed by atoms with Crippen LogP contribution in [0.5, 0.6) is 0 Å². The molecule has 1 aliphatic rings. The van der Waals surface area contributed by atoms with Crippen molar-refractivity contribution in [2.75, 3.05) is 26.2 Å². The highest BCUT2D eigenvalue weighted by Gasteiger charge is 2.29. The predicted octanol–water partition coefficient (Wildman–Crippen LogP) is 2.66. The molecule has 3 aromatic carbocycles. The maximum atomic E-state index is 13.5. The van der Waals surface area contributed by atoms with Gasteiger partial charge < -0.3 is 16.0 Å². The van der Waals surface area contributed by atoms with E-state index in [1.807, 2.05) is 53.4 Å². The highest BCUT2D eigenvalue weighted by Crippen LogP contribution is 2.13. The van der Waals surface area contributed by atoms with E-state index >= 15 is 0 Å². The number of nitrogens with zero attached hydrogens (tertiary/aromatic N) is 2. The van der Waals surface area contributed by atoms with E-state index in [9.17, 15) is 9.59 Å². The molecule has 1 atom stereocenters. The molecule has 0 unspecified atom stereocenters. The maximum absolute atomic E-state index is 13.5. The van der Waals surface area contributed by atoms with Crippen LogP contribution in [0, 0.1) is 5.41 Å². The lowest BCUT2D eigenvalue weighted by atomic mass is 10.0. The van der Waals surface area contributed by atoms with Gasteiger partial charge in [0.05, 0.1) is 0 Å². The van der Waals surface area contributed by atoms with Crippen molar-refractivity contribution in [3.63, 3.8) is 0 Å². The average molecular weight is 470 g/mol. The monoisotopic (exact) mass is 469 g/mol. The van der Waals surface area contributed by atoms with Gasteiger partial charge in [0.1, 0.15) is 11.9 Å². The van der Waals surface area contributed by atoms with Gasteiger partial charge in [0.2, 0.25) is 5.91 Å². The third-order valence-electron chi connectivity index (χ3n) is 6.25. The van der Waals surface area contributed by atoms with Gasteiger partial charge in [-0.1, -0.05) is 72.8 Å². The minimum absolute atomic E-state index is 0.0794. The second-order valence-electron chi connectivity index (χ2n) is 8.80. The lowest BCUT2D eigenvalue weighted by molar-refractivity contribution is -0.135. The minimum Gasteiger partial charge on any atom is -0.384 e. The van der Waals surface area contributed by atoms with E-state index in [1.165, 1.54) is 5.56 Å². The number of benzene rings is 3. The van der Waals surface area contributed by atoms with Crippen LogP contribution < -0.4 is 11.1 Å². The molecule has 0 saturated carbocycles. The molecule has 1 saturated heterocycles. The second-order valence-corrected chi connectivity index (χ2v) is 8.80. The number of hydrogen-bond acceptors (Lipinski definition) is 4. The first-order chi connectivity index (χ1) is 17.0. The van der Waals surface area contributed by atoms with Gasteiger partial charge in [0.25, 0.3) is 5.91 Å². The van der Waals surface area contributed by atoms with Crippen LogP contribution in [0.15, 0.2) is 84.9 Å². The number of nitrogen functional groups attached to an aromatic ring is 1. The topological polar surface area (TPSA) is 103 Å². The SMILES string of the molecule is N=C(N)c1cccc(C(=O)N[C@H](Cc2ccccc2)C(=O)N2CCN(Cc3ccccc3)CC2)c1. The summed E-state index contributed by atoms with van der Waals surface area (Å²) in [5.41, 5.74) is 8.66. The van der Waals surface area contributed by atoms with Crippen molar-refractivity contribution in [1.82, 2.24) is 15.1 Å². The number of piperazine rings is 1. The minimum atomic E-state index is -0.688. The van der Waals surface area contributed by atoms with Gasteiger partial charge >= 0.3 is 0 Å². The molecule has 0 aromatic heterocycles. The highest BCUT2D eigenvalue weighted by molar-refractivity contribution is 6.01. The van der Waals surface area contributed by atoms with Crippen molar-refractivity contribution < 1.29 is 9.59 Å². The smallest absolute Gasteiger partial charge is 0.251 e.